The molecule has 0 saturated heterocycles. The Morgan fingerprint density at radius 2 is 1.47 bits per heavy atom. The molecular formula is C13H26O4. The van der Waals surface area contributed by atoms with E-state index in [1.807, 2.05) is 0 Å². The molecule has 0 heterocycles. The first-order chi connectivity index (χ1) is 8.13. The van der Waals surface area contributed by atoms with Crippen LogP contribution in [-0.2, 0) is 4.79 Å². The molecule has 102 valence electrons. The van der Waals surface area contributed by atoms with Crippen LogP contribution in [0.1, 0.15) is 58.3 Å². The number of aliphatic hydroxyl groups is 3. The summed E-state index contributed by atoms with van der Waals surface area (Å²) in [5.41, 5.74) is 0. The lowest BCUT2D eigenvalue weighted by molar-refractivity contribution is -0.137. The lowest BCUT2D eigenvalue weighted by Gasteiger charge is -2.12. The molecule has 2 unspecified atom stereocenters. The van der Waals surface area contributed by atoms with Gasteiger partial charge in [0.15, 0.2) is 5.78 Å². The minimum Gasteiger partial charge on any atom is -0.393 e. The van der Waals surface area contributed by atoms with Gasteiger partial charge >= 0.3 is 0 Å². The van der Waals surface area contributed by atoms with Gasteiger partial charge in [0.2, 0.25) is 0 Å². The molecule has 0 bridgehead atoms. The maximum atomic E-state index is 11.2. The molecule has 0 aromatic carbocycles. The van der Waals surface area contributed by atoms with E-state index < -0.39 is 24.6 Å². The summed E-state index contributed by atoms with van der Waals surface area (Å²) < 4.78 is 0. The lowest BCUT2D eigenvalue weighted by atomic mass is 10.0. The third-order valence-electron chi connectivity index (χ3n) is 2.91. The number of ketones is 1. The van der Waals surface area contributed by atoms with Crippen LogP contribution >= 0.6 is 0 Å². The second-order valence-electron chi connectivity index (χ2n) is 4.53. The Kier molecular flexibility index (Phi) is 10.4. The molecule has 0 rings (SSSR count). The van der Waals surface area contributed by atoms with Gasteiger partial charge < -0.3 is 15.3 Å². The zero-order chi connectivity index (χ0) is 13.1. The molecule has 17 heavy (non-hydrogen) atoms. The SMILES string of the molecule is CCCCCCCCCC(O)C(=O)C(O)CO. The van der Waals surface area contributed by atoms with Crippen molar-refractivity contribution in [3.8, 4) is 0 Å². The Labute approximate surface area is 104 Å². The summed E-state index contributed by atoms with van der Waals surface area (Å²) in [7, 11) is 0. The zero-order valence-corrected chi connectivity index (χ0v) is 10.8. The van der Waals surface area contributed by atoms with Gasteiger partial charge in [0.05, 0.1) is 6.61 Å². The van der Waals surface area contributed by atoms with Crippen molar-refractivity contribution in [2.45, 2.75) is 70.5 Å². The third-order valence-corrected chi connectivity index (χ3v) is 2.91. The number of unbranched alkanes of at least 4 members (excludes halogenated alkanes) is 6. The summed E-state index contributed by atoms with van der Waals surface area (Å²) in [5, 5.41) is 27.0. The Bertz CT molecular complexity index is 194. The highest BCUT2D eigenvalue weighted by molar-refractivity contribution is 5.86. The van der Waals surface area contributed by atoms with Crippen LogP contribution < -0.4 is 0 Å². The average Bonchev–Trinajstić information content (AvgIpc) is 2.35. The summed E-state index contributed by atoms with van der Waals surface area (Å²) in [6.45, 7) is 1.56. The molecular weight excluding hydrogens is 220 g/mol. The fourth-order valence-corrected chi connectivity index (χ4v) is 1.75. The number of Topliss-reactive ketones (excluding diaryl/α,β-unsaturated/α-hetero) is 1. The van der Waals surface area contributed by atoms with Crippen LogP contribution in [-0.4, -0.2) is 39.9 Å². The van der Waals surface area contributed by atoms with Gasteiger partial charge in [-0.3, -0.25) is 4.79 Å². The molecule has 0 spiro atoms. The van der Waals surface area contributed by atoms with E-state index >= 15 is 0 Å². The maximum Gasteiger partial charge on any atom is 0.191 e. The number of carbonyl (C=O) groups excluding carboxylic acids is 1. The summed E-state index contributed by atoms with van der Waals surface area (Å²) in [6, 6.07) is 0. The van der Waals surface area contributed by atoms with Gasteiger partial charge in [-0.05, 0) is 6.42 Å². The van der Waals surface area contributed by atoms with Crippen molar-refractivity contribution < 1.29 is 20.1 Å². The highest BCUT2D eigenvalue weighted by atomic mass is 16.3. The number of rotatable bonds is 11. The summed E-state index contributed by atoms with van der Waals surface area (Å²) in [6.07, 6.45) is 5.68. The number of aliphatic hydroxyl groups excluding tert-OH is 3. The Morgan fingerprint density at radius 1 is 0.941 bits per heavy atom. The van der Waals surface area contributed by atoms with Crippen molar-refractivity contribution in [1.29, 1.82) is 0 Å². The number of hydrogen-bond donors (Lipinski definition) is 3. The van der Waals surface area contributed by atoms with Gasteiger partial charge in [0.1, 0.15) is 12.2 Å². The monoisotopic (exact) mass is 246 g/mol. The van der Waals surface area contributed by atoms with E-state index in [0.717, 1.165) is 19.3 Å². The van der Waals surface area contributed by atoms with E-state index in [0.29, 0.717) is 6.42 Å². The predicted octanol–water partition coefficient (Wildman–Crippen LogP) is 1.41. The summed E-state index contributed by atoms with van der Waals surface area (Å²) >= 11 is 0. The van der Waals surface area contributed by atoms with Crippen LogP contribution in [0.5, 0.6) is 0 Å². The highest BCUT2D eigenvalue weighted by Crippen LogP contribution is 2.10. The van der Waals surface area contributed by atoms with Crippen LogP contribution in [0.2, 0.25) is 0 Å². The number of hydrogen-bond acceptors (Lipinski definition) is 4. The van der Waals surface area contributed by atoms with Gasteiger partial charge in [0.25, 0.3) is 0 Å². The van der Waals surface area contributed by atoms with E-state index in [9.17, 15) is 9.90 Å². The maximum absolute atomic E-state index is 11.2. The second kappa shape index (κ2) is 10.7. The van der Waals surface area contributed by atoms with Crippen molar-refractivity contribution in [3.05, 3.63) is 0 Å². The predicted molar refractivity (Wildman–Crippen MR) is 66.7 cm³/mol. The lowest BCUT2D eigenvalue weighted by Crippen LogP contribution is -2.34. The van der Waals surface area contributed by atoms with E-state index in [1.54, 1.807) is 0 Å². The topological polar surface area (TPSA) is 77.8 Å². The van der Waals surface area contributed by atoms with Crippen LogP contribution in [0.3, 0.4) is 0 Å². The minimum absolute atomic E-state index is 0.379. The van der Waals surface area contributed by atoms with Crippen LogP contribution in [0.25, 0.3) is 0 Å². The van der Waals surface area contributed by atoms with E-state index in [1.165, 1.54) is 25.7 Å². The Morgan fingerprint density at radius 3 is 2.00 bits per heavy atom. The second-order valence-corrected chi connectivity index (χ2v) is 4.53. The normalized spacial score (nSPS) is 14.6. The van der Waals surface area contributed by atoms with Crippen molar-refractivity contribution >= 4 is 5.78 Å². The molecule has 0 amide bonds. The molecule has 4 heteroatoms. The molecule has 3 N–H and O–H groups in total. The summed E-state index contributed by atoms with van der Waals surface area (Å²) in [5.74, 6) is -0.668. The molecule has 0 aromatic rings. The van der Waals surface area contributed by atoms with Crippen molar-refractivity contribution in [3.63, 3.8) is 0 Å². The standard InChI is InChI=1S/C13H26O4/c1-2-3-4-5-6-7-8-9-11(15)13(17)12(16)10-14/h11-12,14-16H,2-10H2,1H3. The first kappa shape index (κ1) is 16.6. The first-order valence-corrected chi connectivity index (χ1v) is 6.64. The molecule has 0 saturated carbocycles. The van der Waals surface area contributed by atoms with E-state index in [4.69, 9.17) is 10.2 Å². The van der Waals surface area contributed by atoms with Crippen LogP contribution in [0.15, 0.2) is 0 Å². The fraction of sp³-hybridized carbons (Fsp3) is 0.923. The molecule has 0 fully saturated rings. The van der Waals surface area contributed by atoms with Crippen molar-refractivity contribution in [1.82, 2.24) is 0 Å². The fourth-order valence-electron chi connectivity index (χ4n) is 1.75. The highest BCUT2D eigenvalue weighted by Gasteiger charge is 2.21. The molecule has 2 atom stereocenters. The first-order valence-electron chi connectivity index (χ1n) is 6.64. The molecule has 4 nitrogen and oxygen atoms in total. The van der Waals surface area contributed by atoms with Gasteiger partial charge in [-0.15, -0.1) is 0 Å². The van der Waals surface area contributed by atoms with Gasteiger partial charge in [0, 0.05) is 0 Å². The van der Waals surface area contributed by atoms with Crippen molar-refractivity contribution in [2.75, 3.05) is 6.61 Å². The molecule has 0 aliphatic heterocycles. The summed E-state index contributed by atoms with van der Waals surface area (Å²) in [4.78, 5) is 11.2. The van der Waals surface area contributed by atoms with Gasteiger partial charge in [-0.25, -0.2) is 0 Å². The Balaban J connectivity index is 3.44. The average molecular weight is 246 g/mol. The third kappa shape index (κ3) is 8.30. The zero-order valence-electron chi connectivity index (χ0n) is 10.8. The van der Waals surface area contributed by atoms with Gasteiger partial charge in [-0.2, -0.15) is 0 Å². The smallest absolute Gasteiger partial charge is 0.191 e. The quantitative estimate of drug-likeness (QED) is 0.482. The molecule has 0 aromatic heterocycles. The van der Waals surface area contributed by atoms with Gasteiger partial charge in [-0.1, -0.05) is 51.9 Å². The minimum atomic E-state index is -1.44. The molecule has 0 radical (unpaired) electrons. The van der Waals surface area contributed by atoms with E-state index in [2.05, 4.69) is 6.92 Å². The van der Waals surface area contributed by atoms with Crippen molar-refractivity contribution in [2.24, 2.45) is 0 Å². The molecule has 0 aliphatic carbocycles. The number of carbonyl (C=O) groups is 1. The van der Waals surface area contributed by atoms with Crippen LogP contribution in [0.4, 0.5) is 0 Å². The van der Waals surface area contributed by atoms with E-state index in [-0.39, 0.29) is 0 Å². The largest absolute Gasteiger partial charge is 0.393 e. The Hall–Kier alpha value is -0.450. The van der Waals surface area contributed by atoms with Crippen LogP contribution in [0, 0.1) is 0 Å². The molecule has 0 aliphatic rings.